The molecule has 3 aliphatic rings. The van der Waals surface area contributed by atoms with Crippen molar-refractivity contribution in [1.29, 1.82) is 0 Å². The Morgan fingerprint density at radius 3 is 2.73 bits per heavy atom. The van der Waals surface area contributed by atoms with Crippen LogP contribution in [0.25, 0.3) is 0 Å². The monoisotopic (exact) mass is 421 g/mol. The van der Waals surface area contributed by atoms with Gasteiger partial charge < -0.3 is 15.4 Å². The van der Waals surface area contributed by atoms with Crippen molar-refractivity contribution in [2.45, 2.75) is 44.9 Å². The predicted molar refractivity (Wildman–Crippen MR) is 110 cm³/mol. The normalized spacial score (nSPS) is 30.3. The molecule has 0 aromatic heterocycles. The van der Waals surface area contributed by atoms with Crippen LogP contribution in [0, 0.1) is 17.6 Å². The Labute approximate surface area is 176 Å². The number of nitrogens with two attached hydrogens (primary N) is 1. The Bertz CT molecular complexity index is 856. The summed E-state index contributed by atoms with van der Waals surface area (Å²) < 4.78 is 47.4. The van der Waals surface area contributed by atoms with Gasteiger partial charge in [-0.3, -0.25) is 4.90 Å². The van der Waals surface area contributed by atoms with Gasteiger partial charge in [0.2, 0.25) is 0 Å². The molecule has 0 spiro atoms. The smallest absolute Gasteiger partial charge is 0.129 e. The summed E-state index contributed by atoms with van der Waals surface area (Å²) in [6.45, 7) is 6.44. The maximum Gasteiger partial charge on any atom is 0.129 e. The summed E-state index contributed by atoms with van der Waals surface area (Å²) in [4.78, 5) is 4.44. The fourth-order valence-corrected chi connectivity index (χ4v) is 5.03. The minimum Gasteiger partial charge on any atom is -0.370 e. The third-order valence-electron chi connectivity index (χ3n) is 6.71. The number of alkyl halides is 1. The Morgan fingerprint density at radius 2 is 2.03 bits per heavy atom. The second kappa shape index (κ2) is 8.73. The van der Waals surface area contributed by atoms with E-state index < -0.39 is 30.5 Å². The first kappa shape index (κ1) is 21.4. The lowest BCUT2D eigenvalue weighted by atomic mass is 9.93. The molecule has 0 saturated carbocycles. The van der Waals surface area contributed by atoms with Crippen LogP contribution in [0.5, 0.6) is 0 Å². The highest BCUT2D eigenvalue weighted by Gasteiger charge is 2.39. The average Bonchev–Trinajstić information content (AvgIpc) is 3.13. The molecule has 1 saturated heterocycles. The first-order chi connectivity index (χ1) is 14.4. The zero-order valence-corrected chi connectivity index (χ0v) is 17.6. The number of rotatable bonds is 4. The van der Waals surface area contributed by atoms with Crippen molar-refractivity contribution in [1.82, 2.24) is 9.80 Å². The van der Waals surface area contributed by atoms with E-state index in [2.05, 4.69) is 16.7 Å². The molecule has 30 heavy (non-hydrogen) atoms. The van der Waals surface area contributed by atoms with E-state index in [0.29, 0.717) is 18.9 Å². The summed E-state index contributed by atoms with van der Waals surface area (Å²) in [5.41, 5.74) is 9.83. The SMILES string of the molecule is CCN1C(CF)=CCC(C)C2=C1CN([C@H]1CO[C@H](c3cc(F)ccc3F)C(N)C1)C2. The van der Waals surface area contributed by atoms with Gasteiger partial charge in [0.1, 0.15) is 24.4 Å². The molecular formula is C23H30F3N3O. The van der Waals surface area contributed by atoms with Crippen LogP contribution in [0.4, 0.5) is 13.2 Å². The van der Waals surface area contributed by atoms with E-state index in [0.717, 1.165) is 43.9 Å². The van der Waals surface area contributed by atoms with Gasteiger partial charge >= 0.3 is 0 Å². The van der Waals surface area contributed by atoms with Gasteiger partial charge in [0.25, 0.3) is 0 Å². The van der Waals surface area contributed by atoms with E-state index in [4.69, 9.17) is 10.5 Å². The van der Waals surface area contributed by atoms with Crippen LogP contribution < -0.4 is 5.73 Å². The topological polar surface area (TPSA) is 41.7 Å². The Hall–Kier alpha value is -1.83. The van der Waals surface area contributed by atoms with Crippen LogP contribution >= 0.6 is 0 Å². The lowest BCUT2D eigenvalue weighted by Gasteiger charge is -2.39. The summed E-state index contributed by atoms with van der Waals surface area (Å²) in [6, 6.07) is 3.04. The zero-order valence-electron chi connectivity index (χ0n) is 17.6. The van der Waals surface area contributed by atoms with Crippen molar-refractivity contribution in [2.24, 2.45) is 11.7 Å². The standard InChI is InChI=1S/C23H30F3N3O/c1-3-29-16(10-24)6-4-14(2)19-11-28(12-22(19)29)17-9-21(27)23(30-13-17)18-8-15(25)5-7-20(18)26/h5-8,14,17,21,23H,3-4,9-13,27H2,1-2H3/t14?,17-,21?,23-/m1/s1. The van der Waals surface area contributed by atoms with Gasteiger partial charge in [-0.05, 0) is 49.5 Å². The van der Waals surface area contributed by atoms with Crippen molar-refractivity contribution in [3.05, 3.63) is 58.4 Å². The minimum absolute atomic E-state index is 0.0866. The fourth-order valence-electron chi connectivity index (χ4n) is 5.03. The molecule has 1 fully saturated rings. The molecule has 7 heteroatoms. The van der Waals surface area contributed by atoms with Gasteiger partial charge in [-0.15, -0.1) is 0 Å². The molecule has 0 aliphatic carbocycles. The molecule has 4 atom stereocenters. The van der Waals surface area contributed by atoms with Crippen LogP contribution in [-0.4, -0.2) is 54.8 Å². The lowest BCUT2D eigenvalue weighted by molar-refractivity contribution is -0.0470. The number of hydrogen-bond acceptors (Lipinski definition) is 4. The van der Waals surface area contributed by atoms with Gasteiger partial charge in [0, 0.05) is 48.7 Å². The second-order valence-electron chi connectivity index (χ2n) is 8.56. The molecule has 2 unspecified atom stereocenters. The Balaban J connectivity index is 1.47. The molecule has 0 amide bonds. The van der Waals surface area contributed by atoms with E-state index in [1.807, 2.05) is 13.0 Å². The lowest BCUT2D eigenvalue weighted by Crippen LogP contribution is -2.49. The van der Waals surface area contributed by atoms with Crippen LogP contribution in [0.2, 0.25) is 0 Å². The molecule has 1 aromatic rings. The number of benzene rings is 1. The third-order valence-corrected chi connectivity index (χ3v) is 6.71. The molecular weight excluding hydrogens is 391 g/mol. The quantitative estimate of drug-likeness (QED) is 0.801. The maximum atomic E-state index is 14.2. The summed E-state index contributed by atoms with van der Waals surface area (Å²) >= 11 is 0. The van der Waals surface area contributed by atoms with Crippen LogP contribution in [0.3, 0.4) is 0 Å². The molecule has 164 valence electrons. The molecule has 2 N–H and O–H groups in total. The van der Waals surface area contributed by atoms with E-state index in [9.17, 15) is 13.2 Å². The van der Waals surface area contributed by atoms with Crippen LogP contribution in [0.15, 0.2) is 41.2 Å². The molecule has 3 aliphatic heterocycles. The summed E-state index contributed by atoms with van der Waals surface area (Å²) in [6.07, 6.45) is 2.84. The van der Waals surface area contributed by atoms with E-state index >= 15 is 0 Å². The maximum absolute atomic E-state index is 14.2. The van der Waals surface area contributed by atoms with Crippen LogP contribution in [0.1, 0.15) is 38.4 Å². The van der Waals surface area contributed by atoms with Crippen molar-refractivity contribution < 1.29 is 17.9 Å². The van der Waals surface area contributed by atoms with Crippen LogP contribution in [-0.2, 0) is 4.74 Å². The van der Waals surface area contributed by atoms with Crippen molar-refractivity contribution in [3.63, 3.8) is 0 Å². The number of halogens is 3. The highest BCUT2D eigenvalue weighted by molar-refractivity contribution is 5.32. The summed E-state index contributed by atoms with van der Waals surface area (Å²) in [7, 11) is 0. The van der Waals surface area contributed by atoms with Gasteiger partial charge in [-0.25, -0.2) is 13.2 Å². The van der Waals surface area contributed by atoms with Crippen molar-refractivity contribution in [3.8, 4) is 0 Å². The van der Waals surface area contributed by atoms with Crippen molar-refractivity contribution in [2.75, 3.05) is 32.9 Å². The highest BCUT2D eigenvalue weighted by atomic mass is 19.1. The van der Waals surface area contributed by atoms with Gasteiger partial charge in [0.15, 0.2) is 0 Å². The summed E-state index contributed by atoms with van der Waals surface area (Å²) in [5, 5.41) is 0. The van der Waals surface area contributed by atoms with Gasteiger partial charge in [-0.1, -0.05) is 13.0 Å². The third kappa shape index (κ3) is 3.90. The predicted octanol–water partition coefficient (Wildman–Crippen LogP) is 3.91. The largest absolute Gasteiger partial charge is 0.370 e. The minimum atomic E-state index is -0.655. The van der Waals surface area contributed by atoms with Crippen molar-refractivity contribution >= 4 is 0 Å². The molecule has 4 nitrogen and oxygen atoms in total. The fraction of sp³-hybridized carbons (Fsp3) is 0.565. The Morgan fingerprint density at radius 1 is 1.23 bits per heavy atom. The van der Waals surface area contributed by atoms with E-state index in [1.165, 1.54) is 17.3 Å². The number of allylic oxidation sites excluding steroid dienone is 2. The molecule has 3 heterocycles. The van der Waals surface area contributed by atoms with Gasteiger partial charge in [0.05, 0.1) is 6.61 Å². The highest BCUT2D eigenvalue weighted by Crippen LogP contribution is 2.37. The number of likely N-dealkylation sites (N-methyl/N-ethyl adjacent to an activating group) is 1. The molecule has 0 bridgehead atoms. The first-order valence-electron chi connectivity index (χ1n) is 10.7. The second-order valence-corrected chi connectivity index (χ2v) is 8.56. The zero-order chi connectivity index (χ0) is 21.4. The number of ether oxygens (including phenoxy) is 1. The molecule has 4 rings (SSSR count). The average molecular weight is 422 g/mol. The van der Waals surface area contributed by atoms with E-state index in [1.54, 1.807) is 0 Å². The first-order valence-corrected chi connectivity index (χ1v) is 10.7. The number of nitrogens with zero attached hydrogens (tertiary/aromatic N) is 2. The molecule has 0 radical (unpaired) electrons. The van der Waals surface area contributed by atoms with Gasteiger partial charge in [-0.2, -0.15) is 0 Å². The number of hydrogen-bond donors (Lipinski definition) is 1. The summed E-state index contributed by atoms with van der Waals surface area (Å²) in [5.74, 6) is -0.639. The molecule has 1 aromatic carbocycles. The van der Waals surface area contributed by atoms with E-state index in [-0.39, 0.29) is 11.6 Å². The Kier molecular flexibility index (Phi) is 6.23.